The van der Waals surface area contributed by atoms with Crippen LogP contribution in [0.5, 0.6) is 0 Å². The zero-order chi connectivity index (χ0) is 15.5. The Bertz CT molecular complexity index is 582. The molecule has 1 aliphatic carbocycles. The molecule has 0 aromatic heterocycles. The number of fused-ring (bicyclic) bond motifs is 1. The van der Waals surface area contributed by atoms with Gasteiger partial charge in [-0.05, 0) is 48.9 Å². The van der Waals surface area contributed by atoms with Gasteiger partial charge in [0, 0.05) is 25.2 Å². The highest BCUT2D eigenvalue weighted by atomic mass is 16.2. The molecule has 118 valence electrons. The lowest BCUT2D eigenvalue weighted by Gasteiger charge is -2.16. The van der Waals surface area contributed by atoms with E-state index in [-0.39, 0.29) is 17.7 Å². The van der Waals surface area contributed by atoms with E-state index in [2.05, 4.69) is 24.4 Å². The Morgan fingerprint density at radius 3 is 2.95 bits per heavy atom. The van der Waals surface area contributed by atoms with E-state index in [1.807, 2.05) is 11.0 Å². The first-order chi connectivity index (χ1) is 10.7. The summed E-state index contributed by atoms with van der Waals surface area (Å²) in [7, 11) is 0. The van der Waals surface area contributed by atoms with Gasteiger partial charge in [0.05, 0.1) is 5.92 Å². The van der Waals surface area contributed by atoms with Gasteiger partial charge in [0.15, 0.2) is 0 Å². The normalized spacial score (nSPS) is 20.3. The second-order valence-electron chi connectivity index (χ2n) is 6.42. The van der Waals surface area contributed by atoms with Crippen LogP contribution in [-0.2, 0) is 22.4 Å². The van der Waals surface area contributed by atoms with Crippen molar-refractivity contribution in [3.8, 4) is 0 Å². The molecule has 4 nitrogen and oxygen atoms in total. The van der Waals surface area contributed by atoms with Gasteiger partial charge in [0.1, 0.15) is 0 Å². The summed E-state index contributed by atoms with van der Waals surface area (Å²) >= 11 is 0. The summed E-state index contributed by atoms with van der Waals surface area (Å²) in [4.78, 5) is 26.2. The van der Waals surface area contributed by atoms with Crippen molar-refractivity contribution in [2.75, 3.05) is 18.4 Å². The number of aryl methyl sites for hydroxylation is 2. The number of hydrogen-bond acceptors (Lipinski definition) is 2. The topological polar surface area (TPSA) is 49.4 Å². The molecular weight excluding hydrogens is 276 g/mol. The summed E-state index contributed by atoms with van der Waals surface area (Å²) in [5.74, 6) is -0.120. The van der Waals surface area contributed by atoms with E-state index in [0.29, 0.717) is 13.0 Å². The fourth-order valence-electron chi connectivity index (χ4n) is 3.41. The average Bonchev–Trinajstić information content (AvgIpc) is 3.11. The van der Waals surface area contributed by atoms with Crippen molar-refractivity contribution in [1.29, 1.82) is 0 Å². The summed E-state index contributed by atoms with van der Waals surface area (Å²) in [6, 6.07) is 6.19. The van der Waals surface area contributed by atoms with Gasteiger partial charge in [-0.15, -0.1) is 0 Å². The lowest BCUT2D eigenvalue weighted by molar-refractivity contribution is -0.128. The molecule has 22 heavy (non-hydrogen) atoms. The lowest BCUT2D eigenvalue weighted by atomic mass is 10.1. The van der Waals surface area contributed by atoms with Crippen LogP contribution in [0.25, 0.3) is 0 Å². The van der Waals surface area contributed by atoms with Crippen LogP contribution >= 0.6 is 0 Å². The van der Waals surface area contributed by atoms with Gasteiger partial charge in [-0.25, -0.2) is 0 Å². The minimum absolute atomic E-state index is 0.0229. The van der Waals surface area contributed by atoms with Crippen molar-refractivity contribution in [3.63, 3.8) is 0 Å². The Morgan fingerprint density at radius 1 is 1.32 bits per heavy atom. The lowest BCUT2D eigenvalue weighted by Crippen LogP contribution is -2.29. The van der Waals surface area contributed by atoms with E-state index in [1.165, 1.54) is 17.5 Å². The molecule has 1 N–H and O–H groups in total. The summed E-state index contributed by atoms with van der Waals surface area (Å²) in [5, 5.41) is 2.99. The van der Waals surface area contributed by atoms with Crippen molar-refractivity contribution in [2.45, 2.75) is 45.4 Å². The number of rotatable bonds is 5. The fourth-order valence-corrected chi connectivity index (χ4v) is 3.41. The van der Waals surface area contributed by atoms with E-state index in [9.17, 15) is 9.59 Å². The highest BCUT2D eigenvalue weighted by molar-refractivity contribution is 5.97. The Morgan fingerprint density at radius 2 is 2.14 bits per heavy atom. The van der Waals surface area contributed by atoms with Gasteiger partial charge in [-0.1, -0.05) is 19.4 Å². The fraction of sp³-hybridized carbons (Fsp3) is 0.556. The number of likely N-dealkylation sites (tertiary alicyclic amines) is 1. The van der Waals surface area contributed by atoms with Crippen molar-refractivity contribution in [3.05, 3.63) is 29.3 Å². The van der Waals surface area contributed by atoms with Crippen LogP contribution in [0, 0.1) is 5.92 Å². The molecular formula is C18H24N2O2. The molecule has 1 saturated heterocycles. The Balaban J connectivity index is 1.59. The van der Waals surface area contributed by atoms with Gasteiger partial charge < -0.3 is 10.2 Å². The van der Waals surface area contributed by atoms with E-state index < -0.39 is 0 Å². The SMILES string of the molecule is CCCCN1CC(C(=O)Nc2ccc3c(c2)CCC3)CC1=O. The van der Waals surface area contributed by atoms with Crippen LogP contribution in [0.3, 0.4) is 0 Å². The van der Waals surface area contributed by atoms with Crippen molar-refractivity contribution >= 4 is 17.5 Å². The molecule has 0 bridgehead atoms. The van der Waals surface area contributed by atoms with E-state index in [1.54, 1.807) is 0 Å². The maximum Gasteiger partial charge on any atom is 0.229 e. The molecule has 2 amide bonds. The molecule has 1 unspecified atom stereocenters. The molecule has 0 spiro atoms. The summed E-state index contributed by atoms with van der Waals surface area (Å²) in [5.41, 5.74) is 3.62. The van der Waals surface area contributed by atoms with Crippen molar-refractivity contribution in [1.82, 2.24) is 4.90 Å². The number of anilines is 1. The quantitative estimate of drug-likeness (QED) is 0.909. The van der Waals surface area contributed by atoms with Crippen LogP contribution in [0.4, 0.5) is 5.69 Å². The average molecular weight is 300 g/mol. The van der Waals surface area contributed by atoms with Crippen molar-refractivity contribution in [2.24, 2.45) is 5.92 Å². The summed E-state index contributed by atoms with van der Waals surface area (Å²) in [6.07, 6.45) is 5.87. The highest BCUT2D eigenvalue weighted by Gasteiger charge is 2.33. The molecule has 1 aromatic carbocycles. The Labute approximate surface area is 131 Å². The number of carbonyl (C=O) groups is 2. The smallest absolute Gasteiger partial charge is 0.229 e. The number of nitrogens with zero attached hydrogens (tertiary/aromatic N) is 1. The Kier molecular flexibility index (Phi) is 4.46. The minimum Gasteiger partial charge on any atom is -0.342 e. The van der Waals surface area contributed by atoms with Gasteiger partial charge in [0.2, 0.25) is 11.8 Å². The predicted octanol–water partition coefficient (Wildman–Crippen LogP) is 2.76. The maximum atomic E-state index is 12.4. The summed E-state index contributed by atoms with van der Waals surface area (Å²) in [6.45, 7) is 3.45. The van der Waals surface area contributed by atoms with Gasteiger partial charge in [-0.2, -0.15) is 0 Å². The van der Waals surface area contributed by atoms with Crippen LogP contribution in [-0.4, -0.2) is 29.8 Å². The van der Waals surface area contributed by atoms with Crippen LogP contribution in [0.1, 0.15) is 43.7 Å². The third kappa shape index (κ3) is 3.16. The number of carbonyl (C=O) groups excluding carboxylic acids is 2. The van der Waals surface area contributed by atoms with Crippen LogP contribution in [0.2, 0.25) is 0 Å². The minimum atomic E-state index is -0.211. The number of hydrogen-bond donors (Lipinski definition) is 1. The molecule has 3 rings (SSSR count). The maximum absolute atomic E-state index is 12.4. The van der Waals surface area contributed by atoms with Gasteiger partial charge >= 0.3 is 0 Å². The molecule has 1 heterocycles. The molecule has 1 aliphatic heterocycles. The number of unbranched alkanes of at least 4 members (excludes halogenated alkanes) is 1. The first-order valence-electron chi connectivity index (χ1n) is 8.38. The molecule has 0 radical (unpaired) electrons. The molecule has 1 fully saturated rings. The molecule has 1 aromatic rings. The van der Waals surface area contributed by atoms with E-state index >= 15 is 0 Å². The molecule has 1 atom stereocenters. The van der Waals surface area contributed by atoms with Crippen LogP contribution in [0.15, 0.2) is 18.2 Å². The highest BCUT2D eigenvalue weighted by Crippen LogP contribution is 2.26. The number of nitrogens with one attached hydrogen (secondary N) is 1. The van der Waals surface area contributed by atoms with Crippen LogP contribution < -0.4 is 5.32 Å². The predicted molar refractivity (Wildman–Crippen MR) is 86.7 cm³/mol. The third-order valence-electron chi connectivity index (χ3n) is 4.73. The van der Waals surface area contributed by atoms with E-state index in [0.717, 1.165) is 37.9 Å². The molecule has 4 heteroatoms. The van der Waals surface area contributed by atoms with Crippen molar-refractivity contribution < 1.29 is 9.59 Å². The molecule has 2 aliphatic rings. The largest absolute Gasteiger partial charge is 0.342 e. The zero-order valence-corrected chi connectivity index (χ0v) is 13.2. The first-order valence-corrected chi connectivity index (χ1v) is 8.38. The monoisotopic (exact) mass is 300 g/mol. The van der Waals surface area contributed by atoms with E-state index in [4.69, 9.17) is 0 Å². The molecule has 0 saturated carbocycles. The second-order valence-corrected chi connectivity index (χ2v) is 6.42. The number of amides is 2. The number of benzene rings is 1. The standard InChI is InChI=1S/C18H24N2O2/c1-2-3-9-20-12-15(11-17(20)21)18(22)19-16-8-7-13-5-4-6-14(13)10-16/h7-8,10,15H,2-6,9,11-12H2,1H3,(H,19,22). The second kappa shape index (κ2) is 6.51. The third-order valence-corrected chi connectivity index (χ3v) is 4.73. The van der Waals surface area contributed by atoms with Gasteiger partial charge in [-0.3, -0.25) is 9.59 Å². The zero-order valence-electron chi connectivity index (χ0n) is 13.2. The summed E-state index contributed by atoms with van der Waals surface area (Å²) < 4.78 is 0. The Hall–Kier alpha value is -1.84. The first kappa shape index (κ1) is 15.1. The van der Waals surface area contributed by atoms with Gasteiger partial charge in [0.25, 0.3) is 0 Å².